The Morgan fingerprint density at radius 3 is 2.36 bits per heavy atom. The van der Waals surface area contributed by atoms with Crippen LogP contribution in [0.25, 0.3) is 11.1 Å². The zero-order chi connectivity index (χ0) is 16.3. The van der Waals surface area contributed by atoms with Crippen LogP contribution in [-0.2, 0) is 19.9 Å². The number of aromatic nitrogens is 1. The molecule has 0 radical (unpaired) electrons. The Balaban J connectivity index is 2.71. The fourth-order valence-corrected chi connectivity index (χ4v) is 2.68. The maximum absolute atomic E-state index is 11.6. The molecule has 1 aromatic heterocycles. The van der Waals surface area contributed by atoms with E-state index in [0.29, 0.717) is 35.2 Å². The van der Waals surface area contributed by atoms with Crippen LogP contribution in [0.3, 0.4) is 0 Å². The van der Waals surface area contributed by atoms with Crippen LogP contribution in [-0.4, -0.2) is 15.6 Å². The Kier molecular flexibility index (Phi) is 4.29. The molecule has 0 bridgehead atoms. The number of aromatic carboxylic acids is 1. The summed E-state index contributed by atoms with van der Waals surface area (Å²) in [6.07, 6.45) is 0.873. The number of nitriles is 2. The molecule has 22 heavy (non-hydrogen) atoms. The quantitative estimate of drug-likeness (QED) is 0.938. The monoisotopic (exact) mass is 293 g/mol. The third-order valence-electron chi connectivity index (χ3n) is 3.69. The first kappa shape index (κ1) is 15.3. The first-order valence-corrected chi connectivity index (χ1v) is 6.86. The van der Waals surface area contributed by atoms with Gasteiger partial charge in [0.05, 0.1) is 18.1 Å². The lowest BCUT2D eigenvalue weighted by Crippen LogP contribution is -2.07. The van der Waals surface area contributed by atoms with E-state index in [1.807, 2.05) is 6.92 Å². The maximum Gasteiger partial charge on any atom is 0.353 e. The van der Waals surface area contributed by atoms with E-state index in [0.717, 1.165) is 5.56 Å². The van der Waals surface area contributed by atoms with E-state index in [9.17, 15) is 15.2 Å². The van der Waals surface area contributed by atoms with Crippen molar-refractivity contribution in [1.82, 2.24) is 4.57 Å². The standard InChI is InChI=1S/C17H15N3O2/c1-3-14-13(10-19)15(16(17(21)22)20(14)2)12-6-4-11(5-7-12)8-9-18/h4-7H,3,8H2,1-2H3,(H,21,22). The van der Waals surface area contributed by atoms with Gasteiger partial charge >= 0.3 is 5.97 Å². The van der Waals surface area contributed by atoms with Gasteiger partial charge in [0.1, 0.15) is 11.8 Å². The van der Waals surface area contributed by atoms with E-state index < -0.39 is 5.97 Å². The lowest BCUT2D eigenvalue weighted by molar-refractivity contribution is 0.0687. The largest absolute Gasteiger partial charge is 0.477 e. The Labute approximate surface area is 128 Å². The van der Waals surface area contributed by atoms with Crippen molar-refractivity contribution in [2.45, 2.75) is 19.8 Å². The maximum atomic E-state index is 11.6. The van der Waals surface area contributed by atoms with Gasteiger partial charge in [-0.15, -0.1) is 0 Å². The molecule has 0 amide bonds. The minimum atomic E-state index is -1.06. The highest BCUT2D eigenvalue weighted by molar-refractivity contribution is 5.97. The SMILES string of the molecule is CCc1c(C#N)c(-c2ccc(CC#N)cc2)c(C(=O)O)n1C. The molecule has 2 rings (SSSR count). The molecule has 0 fully saturated rings. The predicted octanol–water partition coefficient (Wildman–Crippen LogP) is 2.89. The fourth-order valence-electron chi connectivity index (χ4n) is 2.68. The smallest absolute Gasteiger partial charge is 0.353 e. The molecule has 0 aliphatic carbocycles. The van der Waals surface area contributed by atoms with E-state index in [1.54, 1.807) is 35.9 Å². The van der Waals surface area contributed by atoms with Crippen molar-refractivity contribution in [2.24, 2.45) is 7.05 Å². The zero-order valence-corrected chi connectivity index (χ0v) is 12.4. The van der Waals surface area contributed by atoms with Crippen LogP contribution in [0.15, 0.2) is 24.3 Å². The van der Waals surface area contributed by atoms with Gasteiger partial charge in [-0.1, -0.05) is 31.2 Å². The molecule has 0 unspecified atom stereocenters. The minimum absolute atomic E-state index is 0.112. The Hall–Kier alpha value is -3.05. The van der Waals surface area contributed by atoms with Crippen LogP contribution in [0.4, 0.5) is 0 Å². The highest BCUT2D eigenvalue weighted by atomic mass is 16.4. The molecule has 5 nitrogen and oxygen atoms in total. The minimum Gasteiger partial charge on any atom is -0.477 e. The van der Waals surface area contributed by atoms with Gasteiger partial charge in [0.2, 0.25) is 0 Å². The summed E-state index contributed by atoms with van der Waals surface area (Å²) >= 11 is 0. The van der Waals surface area contributed by atoms with E-state index in [1.165, 1.54) is 0 Å². The number of hydrogen-bond donors (Lipinski definition) is 1. The summed E-state index contributed by atoms with van der Waals surface area (Å²) in [5.41, 5.74) is 3.19. The number of carboxylic acid groups (broad SMARTS) is 1. The van der Waals surface area contributed by atoms with E-state index in [4.69, 9.17) is 5.26 Å². The molecule has 0 atom stereocenters. The number of carbonyl (C=O) groups is 1. The second kappa shape index (κ2) is 6.15. The number of nitrogens with zero attached hydrogens (tertiary/aromatic N) is 3. The Morgan fingerprint density at radius 1 is 1.27 bits per heavy atom. The van der Waals surface area contributed by atoms with E-state index in [-0.39, 0.29) is 5.69 Å². The van der Waals surface area contributed by atoms with Gasteiger partial charge in [0.15, 0.2) is 0 Å². The van der Waals surface area contributed by atoms with Crippen molar-refractivity contribution in [1.29, 1.82) is 10.5 Å². The molecule has 0 aliphatic heterocycles. The van der Waals surface area contributed by atoms with Gasteiger partial charge < -0.3 is 9.67 Å². The van der Waals surface area contributed by atoms with Crippen LogP contribution >= 0.6 is 0 Å². The Bertz CT molecular complexity index is 802. The third-order valence-corrected chi connectivity index (χ3v) is 3.69. The van der Waals surface area contributed by atoms with Crippen molar-refractivity contribution in [3.8, 4) is 23.3 Å². The number of benzene rings is 1. The van der Waals surface area contributed by atoms with Crippen LogP contribution in [0.1, 0.15) is 34.2 Å². The summed E-state index contributed by atoms with van der Waals surface area (Å²) in [4.78, 5) is 11.6. The predicted molar refractivity (Wildman–Crippen MR) is 81.2 cm³/mol. The van der Waals surface area contributed by atoms with Crippen molar-refractivity contribution in [3.05, 3.63) is 46.8 Å². The lowest BCUT2D eigenvalue weighted by atomic mass is 9.98. The summed E-state index contributed by atoms with van der Waals surface area (Å²) in [6.45, 7) is 1.89. The fraction of sp³-hybridized carbons (Fsp3) is 0.235. The van der Waals surface area contributed by atoms with Gasteiger partial charge in [-0.25, -0.2) is 4.79 Å². The van der Waals surface area contributed by atoms with Crippen LogP contribution in [0.5, 0.6) is 0 Å². The molecular formula is C17H15N3O2. The van der Waals surface area contributed by atoms with Gasteiger partial charge in [0, 0.05) is 18.3 Å². The average molecular weight is 293 g/mol. The van der Waals surface area contributed by atoms with E-state index >= 15 is 0 Å². The summed E-state index contributed by atoms with van der Waals surface area (Å²) in [5, 5.41) is 27.7. The topological polar surface area (TPSA) is 89.8 Å². The summed E-state index contributed by atoms with van der Waals surface area (Å²) in [6, 6.07) is 11.3. The van der Waals surface area contributed by atoms with Crippen LogP contribution in [0.2, 0.25) is 0 Å². The lowest BCUT2D eigenvalue weighted by Gasteiger charge is -2.05. The zero-order valence-electron chi connectivity index (χ0n) is 12.4. The second-order valence-corrected chi connectivity index (χ2v) is 4.91. The first-order chi connectivity index (χ1) is 10.5. The molecule has 0 spiro atoms. The molecule has 5 heteroatoms. The van der Waals surface area contributed by atoms with Crippen molar-refractivity contribution in [3.63, 3.8) is 0 Å². The third kappa shape index (κ3) is 2.45. The van der Waals surface area contributed by atoms with Gasteiger partial charge in [-0.05, 0) is 17.5 Å². The second-order valence-electron chi connectivity index (χ2n) is 4.91. The van der Waals surface area contributed by atoms with Crippen LogP contribution < -0.4 is 0 Å². The number of carboxylic acids is 1. The molecule has 1 heterocycles. The van der Waals surface area contributed by atoms with Gasteiger partial charge in [-0.2, -0.15) is 10.5 Å². The molecule has 1 aromatic carbocycles. The van der Waals surface area contributed by atoms with Crippen LogP contribution in [0, 0.1) is 22.7 Å². The highest BCUT2D eigenvalue weighted by Crippen LogP contribution is 2.32. The number of hydrogen-bond acceptors (Lipinski definition) is 3. The summed E-state index contributed by atoms with van der Waals surface area (Å²) in [7, 11) is 1.66. The molecular weight excluding hydrogens is 278 g/mol. The van der Waals surface area contributed by atoms with Crippen molar-refractivity contribution < 1.29 is 9.90 Å². The summed E-state index contributed by atoms with van der Waals surface area (Å²) in [5.74, 6) is -1.06. The molecule has 0 saturated carbocycles. The highest BCUT2D eigenvalue weighted by Gasteiger charge is 2.25. The molecule has 2 aromatic rings. The van der Waals surface area contributed by atoms with Crippen molar-refractivity contribution >= 4 is 5.97 Å². The molecule has 1 N–H and O–H groups in total. The average Bonchev–Trinajstić information content (AvgIpc) is 2.80. The van der Waals surface area contributed by atoms with Gasteiger partial charge in [0.25, 0.3) is 0 Å². The molecule has 0 saturated heterocycles. The van der Waals surface area contributed by atoms with E-state index in [2.05, 4.69) is 12.1 Å². The summed E-state index contributed by atoms with van der Waals surface area (Å²) < 4.78 is 1.57. The van der Waals surface area contributed by atoms with Crippen molar-refractivity contribution in [2.75, 3.05) is 0 Å². The molecule has 0 aliphatic rings. The Morgan fingerprint density at radius 2 is 1.91 bits per heavy atom. The normalized spacial score (nSPS) is 10.0. The molecule has 110 valence electrons. The van der Waals surface area contributed by atoms with Gasteiger partial charge in [-0.3, -0.25) is 0 Å². The first-order valence-electron chi connectivity index (χ1n) is 6.86. The number of rotatable bonds is 4.